The Morgan fingerprint density at radius 1 is 1.59 bits per heavy atom. The van der Waals surface area contributed by atoms with E-state index in [1.165, 1.54) is 4.90 Å². The normalized spacial score (nSPS) is 26.0. The van der Waals surface area contributed by atoms with Gasteiger partial charge in [0.15, 0.2) is 0 Å². The Hall–Kier alpha value is -0.750. The van der Waals surface area contributed by atoms with Crippen LogP contribution in [0.2, 0.25) is 0 Å². The molecule has 0 saturated carbocycles. The van der Waals surface area contributed by atoms with Crippen LogP contribution in [0, 0.1) is 0 Å². The van der Waals surface area contributed by atoms with Crippen LogP contribution in [0.1, 0.15) is 26.7 Å². The third-order valence-corrected chi connectivity index (χ3v) is 3.00. The van der Waals surface area contributed by atoms with Gasteiger partial charge >= 0.3 is 5.97 Å². The highest BCUT2D eigenvalue weighted by atomic mass is 19.3. The molecule has 0 radical (unpaired) electrons. The van der Waals surface area contributed by atoms with Crippen LogP contribution in [-0.2, 0) is 9.53 Å². The zero-order chi connectivity index (χ0) is 13.1. The molecule has 0 bridgehead atoms. The van der Waals surface area contributed by atoms with Gasteiger partial charge in [0.25, 0.3) is 5.92 Å². The molecule has 1 rings (SSSR count). The van der Waals surface area contributed by atoms with Crippen molar-refractivity contribution in [2.45, 2.75) is 44.7 Å². The topological polar surface area (TPSA) is 49.8 Å². The van der Waals surface area contributed by atoms with Gasteiger partial charge in [-0.25, -0.2) is 8.78 Å². The summed E-state index contributed by atoms with van der Waals surface area (Å²) in [5.74, 6) is -3.86. The number of hydrogen-bond donors (Lipinski definition) is 1. The number of nitrogens with zero attached hydrogens (tertiary/aromatic N) is 1. The minimum Gasteiger partial charge on any atom is -0.480 e. The minimum atomic E-state index is -2.81. The molecule has 1 heterocycles. The molecule has 0 aromatic heterocycles. The predicted octanol–water partition coefficient (Wildman–Crippen LogP) is 1.60. The molecular weight excluding hydrogens is 232 g/mol. The predicted molar refractivity (Wildman–Crippen MR) is 58.3 cm³/mol. The van der Waals surface area contributed by atoms with Crippen molar-refractivity contribution >= 4 is 5.97 Å². The Balaban J connectivity index is 2.75. The van der Waals surface area contributed by atoms with E-state index in [4.69, 9.17) is 9.84 Å². The summed E-state index contributed by atoms with van der Waals surface area (Å²) < 4.78 is 31.8. The molecule has 6 heteroatoms. The lowest BCUT2D eigenvalue weighted by molar-refractivity contribution is -0.144. The number of ether oxygens (including phenoxy) is 1. The molecule has 1 aliphatic rings. The molecule has 0 aliphatic carbocycles. The molecule has 0 aromatic rings. The van der Waals surface area contributed by atoms with Crippen LogP contribution in [0.4, 0.5) is 8.78 Å². The van der Waals surface area contributed by atoms with E-state index >= 15 is 0 Å². The standard InChI is InChI=1S/C11H19F2NO3/c1-3-9(10(15)16)14-7-11(12,13)5-8(14)6-17-4-2/h8-9H,3-7H2,1-2H3,(H,15,16)/t8-,9-/m0/s1. The summed E-state index contributed by atoms with van der Waals surface area (Å²) in [5.41, 5.74) is 0. The maximum atomic E-state index is 13.3. The van der Waals surface area contributed by atoms with E-state index in [2.05, 4.69) is 0 Å². The van der Waals surface area contributed by atoms with E-state index in [0.29, 0.717) is 13.0 Å². The quantitative estimate of drug-likeness (QED) is 0.779. The monoisotopic (exact) mass is 251 g/mol. The van der Waals surface area contributed by atoms with Crippen molar-refractivity contribution < 1.29 is 23.4 Å². The summed E-state index contributed by atoms with van der Waals surface area (Å²) in [7, 11) is 0. The lowest BCUT2D eigenvalue weighted by atomic mass is 10.1. The second-order valence-corrected chi connectivity index (χ2v) is 4.31. The number of carboxylic acid groups (broad SMARTS) is 1. The molecule has 1 N–H and O–H groups in total. The van der Waals surface area contributed by atoms with Crippen LogP contribution < -0.4 is 0 Å². The maximum Gasteiger partial charge on any atom is 0.320 e. The Morgan fingerprint density at radius 3 is 2.71 bits per heavy atom. The Labute approximate surface area is 99.5 Å². The van der Waals surface area contributed by atoms with Gasteiger partial charge in [0.1, 0.15) is 6.04 Å². The number of hydrogen-bond acceptors (Lipinski definition) is 3. The van der Waals surface area contributed by atoms with Gasteiger partial charge in [-0.3, -0.25) is 9.69 Å². The van der Waals surface area contributed by atoms with Crippen molar-refractivity contribution in [3.8, 4) is 0 Å². The van der Waals surface area contributed by atoms with E-state index in [1.807, 2.05) is 0 Å². The Bertz CT molecular complexity index is 273. The SMILES string of the molecule is CCOC[C@@H]1CC(F)(F)CN1[C@@H](CC)C(=O)O. The van der Waals surface area contributed by atoms with Crippen molar-refractivity contribution in [2.24, 2.45) is 0 Å². The van der Waals surface area contributed by atoms with Crippen molar-refractivity contribution in [3.63, 3.8) is 0 Å². The molecule has 0 aromatic carbocycles. The smallest absolute Gasteiger partial charge is 0.320 e. The van der Waals surface area contributed by atoms with Crippen LogP contribution in [0.15, 0.2) is 0 Å². The molecule has 4 nitrogen and oxygen atoms in total. The first-order valence-corrected chi connectivity index (χ1v) is 5.85. The minimum absolute atomic E-state index is 0.163. The molecular formula is C11H19F2NO3. The van der Waals surface area contributed by atoms with Crippen LogP contribution >= 0.6 is 0 Å². The maximum absolute atomic E-state index is 13.3. The summed E-state index contributed by atoms with van der Waals surface area (Å²) in [4.78, 5) is 12.4. The van der Waals surface area contributed by atoms with Crippen molar-refractivity contribution in [2.75, 3.05) is 19.8 Å². The van der Waals surface area contributed by atoms with Gasteiger partial charge in [0.2, 0.25) is 0 Å². The molecule has 17 heavy (non-hydrogen) atoms. The molecule has 0 spiro atoms. The fourth-order valence-corrected chi connectivity index (χ4v) is 2.25. The van der Waals surface area contributed by atoms with E-state index in [-0.39, 0.29) is 13.0 Å². The molecule has 0 unspecified atom stereocenters. The second-order valence-electron chi connectivity index (χ2n) is 4.31. The van der Waals surface area contributed by atoms with Crippen LogP contribution in [0.25, 0.3) is 0 Å². The van der Waals surface area contributed by atoms with Crippen LogP contribution in [0.5, 0.6) is 0 Å². The number of rotatable bonds is 6. The highest BCUT2D eigenvalue weighted by molar-refractivity contribution is 5.73. The number of carboxylic acids is 1. The number of halogens is 2. The van der Waals surface area contributed by atoms with Gasteiger partial charge in [-0.2, -0.15) is 0 Å². The number of carbonyl (C=O) groups is 1. The molecule has 1 aliphatic heterocycles. The van der Waals surface area contributed by atoms with Crippen LogP contribution in [0.3, 0.4) is 0 Å². The van der Waals surface area contributed by atoms with Crippen molar-refractivity contribution in [3.05, 3.63) is 0 Å². The van der Waals surface area contributed by atoms with E-state index < -0.39 is 30.5 Å². The van der Waals surface area contributed by atoms with Gasteiger partial charge in [-0.05, 0) is 13.3 Å². The summed E-state index contributed by atoms with van der Waals surface area (Å²) in [6, 6.07) is -1.36. The first kappa shape index (κ1) is 14.3. The third kappa shape index (κ3) is 3.61. The van der Waals surface area contributed by atoms with E-state index in [0.717, 1.165) is 0 Å². The summed E-state index contributed by atoms with van der Waals surface area (Å²) in [6.07, 6.45) is -0.00911. The average Bonchev–Trinajstić information content (AvgIpc) is 2.51. The number of alkyl halides is 2. The second kappa shape index (κ2) is 5.73. The van der Waals surface area contributed by atoms with Crippen molar-refractivity contribution in [1.29, 1.82) is 0 Å². The van der Waals surface area contributed by atoms with E-state index in [1.54, 1.807) is 13.8 Å². The highest BCUT2D eigenvalue weighted by Crippen LogP contribution is 2.34. The zero-order valence-corrected chi connectivity index (χ0v) is 10.2. The zero-order valence-electron chi connectivity index (χ0n) is 10.2. The molecule has 0 amide bonds. The number of aliphatic carboxylic acids is 1. The molecule has 1 saturated heterocycles. The van der Waals surface area contributed by atoms with Gasteiger partial charge in [0, 0.05) is 19.1 Å². The van der Waals surface area contributed by atoms with E-state index in [9.17, 15) is 13.6 Å². The lowest BCUT2D eigenvalue weighted by Gasteiger charge is -2.28. The van der Waals surface area contributed by atoms with Crippen molar-refractivity contribution in [1.82, 2.24) is 4.90 Å². The summed E-state index contributed by atoms with van der Waals surface area (Å²) in [5, 5.41) is 9.02. The van der Waals surface area contributed by atoms with Gasteiger partial charge < -0.3 is 9.84 Å². The van der Waals surface area contributed by atoms with Gasteiger partial charge in [-0.1, -0.05) is 6.92 Å². The largest absolute Gasteiger partial charge is 0.480 e. The Kier molecular flexibility index (Phi) is 4.82. The number of likely N-dealkylation sites (tertiary alicyclic amines) is 1. The summed E-state index contributed by atoms with van der Waals surface area (Å²) >= 11 is 0. The van der Waals surface area contributed by atoms with Gasteiger partial charge in [0.05, 0.1) is 13.2 Å². The third-order valence-electron chi connectivity index (χ3n) is 3.00. The Morgan fingerprint density at radius 2 is 2.24 bits per heavy atom. The van der Waals surface area contributed by atoms with Crippen LogP contribution in [-0.4, -0.2) is 53.7 Å². The highest BCUT2D eigenvalue weighted by Gasteiger charge is 2.48. The fourth-order valence-electron chi connectivity index (χ4n) is 2.25. The fraction of sp³-hybridized carbons (Fsp3) is 0.909. The first-order chi connectivity index (χ1) is 7.91. The molecule has 2 atom stereocenters. The average molecular weight is 251 g/mol. The molecule has 1 fully saturated rings. The first-order valence-electron chi connectivity index (χ1n) is 5.85. The lowest BCUT2D eigenvalue weighted by Crippen LogP contribution is -2.46. The summed E-state index contributed by atoms with van der Waals surface area (Å²) in [6.45, 7) is 3.59. The molecule has 100 valence electrons. The van der Waals surface area contributed by atoms with Gasteiger partial charge in [-0.15, -0.1) is 0 Å².